The maximum absolute atomic E-state index is 13.1. The van der Waals surface area contributed by atoms with Crippen LogP contribution in [0.15, 0.2) is 45.5 Å². The molecule has 1 aromatic rings. The highest BCUT2D eigenvalue weighted by atomic mass is 79.9. The second-order valence-electron chi connectivity index (χ2n) is 8.30. The Morgan fingerprint density at radius 2 is 1.91 bits per heavy atom. The Morgan fingerprint density at radius 3 is 2.62 bits per heavy atom. The summed E-state index contributed by atoms with van der Waals surface area (Å²) in [6.45, 7) is 0. The molecular weight excluding hydrogens is 502 g/mol. The maximum Gasteiger partial charge on any atom is 0.231 e. The predicted octanol–water partition coefficient (Wildman–Crippen LogP) is 3.10. The number of phenols is 1. The number of Topliss-reactive ketones (excluding diaryl/α,β-unsaturated/α-hetero) is 1. The van der Waals surface area contributed by atoms with E-state index >= 15 is 0 Å². The Labute approximate surface area is 196 Å². The Hall–Kier alpha value is -2.71. The van der Waals surface area contributed by atoms with Gasteiger partial charge in [-0.3, -0.25) is 24.5 Å². The third-order valence-corrected chi connectivity index (χ3v) is 7.66. The number of ketones is 2. The number of phenolic OH excluding ortho intramolecular Hbond substituents is 1. The van der Waals surface area contributed by atoms with E-state index in [4.69, 9.17) is 16.3 Å². The van der Waals surface area contributed by atoms with Crippen molar-refractivity contribution in [1.82, 2.24) is 5.32 Å². The maximum atomic E-state index is 13.1. The van der Waals surface area contributed by atoms with E-state index in [9.17, 15) is 24.3 Å². The summed E-state index contributed by atoms with van der Waals surface area (Å²) in [5, 5.41) is 12.6. The highest BCUT2D eigenvalue weighted by Gasteiger charge is 2.53. The number of imide groups is 1. The number of carbonyl (C=O) groups excluding carboxylic acids is 4. The Morgan fingerprint density at radius 1 is 1.16 bits per heavy atom. The summed E-state index contributed by atoms with van der Waals surface area (Å²) in [5.41, 5.74) is 2.01. The summed E-state index contributed by atoms with van der Waals surface area (Å²) in [6.07, 6.45) is 3.70. The zero-order chi connectivity index (χ0) is 22.9. The number of hydrogen-bond donors (Lipinski definition) is 2. The van der Waals surface area contributed by atoms with E-state index in [2.05, 4.69) is 21.2 Å². The highest BCUT2D eigenvalue weighted by molar-refractivity contribution is 9.12. The normalized spacial score (nSPS) is 29.1. The molecule has 7 nitrogen and oxygen atoms in total. The summed E-state index contributed by atoms with van der Waals surface area (Å²) >= 11 is 9.42. The van der Waals surface area contributed by atoms with E-state index in [1.807, 2.05) is 6.08 Å². The van der Waals surface area contributed by atoms with Crippen LogP contribution in [0.2, 0.25) is 5.02 Å². The number of amides is 2. The molecule has 0 radical (unpaired) electrons. The number of nitrogens with one attached hydrogen (secondary N) is 1. The minimum absolute atomic E-state index is 0.0398. The van der Waals surface area contributed by atoms with Gasteiger partial charge in [-0.15, -0.1) is 0 Å². The minimum atomic E-state index is -0.659. The summed E-state index contributed by atoms with van der Waals surface area (Å²) in [6, 6.07) is 3.12. The fourth-order valence-corrected chi connectivity index (χ4v) is 6.08. The smallest absolute Gasteiger partial charge is 0.231 e. The van der Waals surface area contributed by atoms with Crippen LogP contribution in [0.1, 0.15) is 24.3 Å². The van der Waals surface area contributed by atoms with Crippen molar-refractivity contribution < 1.29 is 29.0 Å². The van der Waals surface area contributed by atoms with Crippen molar-refractivity contribution in [2.45, 2.75) is 18.8 Å². The number of hydrogen-bond acceptors (Lipinski definition) is 6. The van der Waals surface area contributed by atoms with E-state index in [1.54, 1.807) is 6.07 Å². The topological polar surface area (TPSA) is 110 Å². The molecule has 0 bridgehead atoms. The Bertz CT molecular complexity index is 1230. The molecule has 2 amide bonds. The molecule has 3 aliphatic carbocycles. The number of rotatable bonds is 2. The van der Waals surface area contributed by atoms with Gasteiger partial charge in [0, 0.05) is 23.1 Å². The van der Waals surface area contributed by atoms with Gasteiger partial charge >= 0.3 is 0 Å². The first-order valence-corrected chi connectivity index (χ1v) is 11.2. The molecule has 1 saturated heterocycles. The lowest BCUT2D eigenvalue weighted by molar-refractivity contribution is -0.126. The number of carbonyl (C=O) groups is 4. The van der Waals surface area contributed by atoms with Crippen LogP contribution in [0.3, 0.4) is 0 Å². The molecule has 9 heteroatoms. The van der Waals surface area contributed by atoms with E-state index < -0.39 is 23.7 Å². The molecule has 4 atom stereocenters. The number of benzene rings is 1. The quantitative estimate of drug-likeness (QED) is 0.354. The van der Waals surface area contributed by atoms with Crippen molar-refractivity contribution in [3.05, 3.63) is 56.1 Å². The summed E-state index contributed by atoms with van der Waals surface area (Å²) < 4.78 is 5.41. The second-order valence-corrected chi connectivity index (χ2v) is 9.56. The van der Waals surface area contributed by atoms with Gasteiger partial charge in [0.05, 0.1) is 28.5 Å². The molecule has 164 valence electrons. The summed E-state index contributed by atoms with van der Waals surface area (Å²) in [5.74, 6) is -3.58. The van der Waals surface area contributed by atoms with Gasteiger partial charge in [0.15, 0.2) is 23.1 Å². The fraction of sp³-hybridized carbons (Fsp3) is 0.304. The van der Waals surface area contributed by atoms with Crippen molar-refractivity contribution in [2.75, 3.05) is 7.11 Å². The Balaban J connectivity index is 1.74. The van der Waals surface area contributed by atoms with Crippen LogP contribution in [-0.2, 0) is 19.2 Å². The average molecular weight is 519 g/mol. The van der Waals surface area contributed by atoms with Crippen molar-refractivity contribution in [2.24, 2.45) is 17.8 Å². The van der Waals surface area contributed by atoms with Gasteiger partial charge in [-0.25, -0.2) is 0 Å². The van der Waals surface area contributed by atoms with Crippen LogP contribution >= 0.6 is 27.5 Å². The predicted molar refractivity (Wildman–Crippen MR) is 117 cm³/mol. The largest absolute Gasteiger partial charge is 0.503 e. The zero-order valence-corrected chi connectivity index (χ0v) is 19.1. The van der Waals surface area contributed by atoms with Crippen molar-refractivity contribution >= 4 is 50.9 Å². The number of halogens is 2. The molecule has 32 heavy (non-hydrogen) atoms. The van der Waals surface area contributed by atoms with Crippen LogP contribution in [0.4, 0.5) is 0 Å². The minimum Gasteiger partial charge on any atom is -0.503 e. The summed E-state index contributed by atoms with van der Waals surface area (Å²) in [4.78, 5) is 51.1. The number of methoxy groups -OCH3 is 1. The molecule has 2 N–H and O–H groups in total. The van der Waals surface area contributed by atoms with E-state index in [-0.39, 0.29) is 50.8 Å². The molecule has 0 spiro atoms. The van der Waals surface area contributed by atoms with Gasteiger partial charge in [-0.2, -0.15) is 0 Å². The SMILES string of the molecule is COc1cc(C2C3=CCC4C(=O)NC(=O)C4C3CC3=C2C(=O)C=C(Br)C3=O)cc(Cl)c1O. The molecule has 1 aromatic carbocycles. The number of aromatic hydroxyl groups is 1. The average Bonchev–Trinajstić information content (AvgIpc) is 3.06. The molecule has 5 rings (SSSR count). The number of fused-ring (bicyclic) bond motifs is 3. The fourth-order valence-electron chi connectivity index (χ4n) is 5.41. The summed E-state index contributed by atoms with van der Waals surface area (Å²) in [7, 11) is 1.39. The molecule has 4 aliphatic rings. The van der Waals surface area contributed by atoms with Crippen LogP contribution in [-0.4, -0.2) is 35.6 Å². The molecule has 1 heterocycles. The van der Waals surface area contributed by atoms with Gasteiger partial charge in [-0.05, 0) is 52.4 Å². The van der Waals surface area contributed by atoms with E-state index in [1.165, 1.54) is 19.3 Å². The van der Waals surface area contributed by atoms with Gasteiger partial charge < -0.3 is 9.84 Å². The lowest BCUT2D eigenvalue weighted by atomic mass is 9.59. The van der Waals surface area contributed by atoms with Gasteiger partial charge in [0.2, 0.25) is 11.8 Å². The molecule has 4 unspecified atom stereocenters. The van der Waals surface area contributed by atoms with Gasteiger partial charge in [-0.1, -0.05) is 23.3 Å². The third kappa shape index (κ3) is 2.93. The zero-order valence-electron chi connectivity index (χ0n) is 16.8. The van der Waals surface area contributed by atoms with Crippen molar-refractivity contribution in [3.8, 4) is 11.5 Å². The Kier molecular flexibility index (Phi) is 4.90. The lowest BCUT2D eigenvalue weighted by Crippen LogP contribution is -2.39. The molecule has 1 aliphatic heterocycles. The molecular formula is C23H17BrClNO6. The van der Waals surface area contributed by atoms with E-state index in [0.717, 1.165) is 5.57 Å². The molecule has 0 saturated carbocycles. The number of allylic oxidation sites excluding steroid dienone is 6. The van der Waals surface area contributed by atoms with Crippen LogP contribution in [0.25, 0.3) is 0 Å². The van der Waals surface area contributed by atoms with Crippen molar-refractivity contribution in [1.29, 1.82) is 0 Å². The first-order chi connectivity index (χ1) is 15.2. The molecule has 0 aromatic heterocycles. The van der Waals surface area contributed by atoms with Crippen LogP contribution < -0.4 is 10.1 Å². The lowest BCUT2D eigenvalue weighted by Gasteiger charge is -2.42. The van der Waals surface area contributed by atoms with Crippen LogP contribution in [0.5, 0.6) is 11.5 Å². The second kappa shape index (κ2) is 7.42. The van der Waals surface area contributed by atoms with Crippen LogP contribution in [0, 0.1) is 17.8 Å². The number of ether oxygens (including phenoxy) is 1. The standard InChI is InChI=1S/C23H17BrClNO6/c1-32-16-5-8(4-14(25)21(16)29)17-9-2-3-10-18(23(31)26-22(10)30)11(9)6-12-19(17)15(27)7-13(24)20(12)28/h2,4-5,7,10-11,17-18,29H,3,6H2,1H3,(H,26,30,31). The van der Waals surface area contributed by atoms with Gasteiger partial charge in [0.1, 0.15) is 0 Å². The highest BCUT2D eigenvalue weighted by Crippen LogP contribution is 2.55. The molecule has 1 fully saturated rings. The van der Waals surface area contributed by atoms with Crippen molar-refractivity contribution in [3.63, 3.8) is 0 Å². The van der Waals surface area contributed by atoms with Gasteiger partial charge in [0.25, 0.3) is 0 Å². The third-order valence-electron chi connectivity index (χ3n) is 6.78. The first kappa shape index (κ1) is 21.2. The first-order valence-electron chi connectivity index (χ1n) is 10.0. The van der Waals surface area contributed by atoms with E-state index in [0.29, 0.717) is 23.1 Å². The monoisotopic (exact) mass is 517 g/mol.